The Balaban J connectivity index is 1.72. The van der Waals surface area contributed by atoms with Crippen LogP contribution in [0, 0.1) is 0 Å². The van der Waals surface area contributed by atoms with Crippen LogP contribution in [0.4, 0.5) is 10.8 Å². The Morgan fingerprint density at radius 2 is 1.88 bits per heavy atom. The molecule has 1 aromatic carbocycles. The number of hydrogen-bond acceptors (Lipinski definition) is 4. The van der Waals surface area contributed by atoms with Crippen molar-refractivity contribution in [3.8, 4) is 0 Å². The van der Waals surface area contributed by atoms with E-state index in [1.807, 2.05) is 57.3 Å². The number of aromatic nitrogens is 1. The van der Waals surface area contributed by atoms with E-state index in [1.165, 1.54) is 9.80 Å². The number of rotatable bonds is 2. The minimum absolute atomic E-state index is 0.198. The summed E-state index contributed by atoms with van der Waals surface area (Å²) < 4.78 is 7.56. The van der Waals surface area contributed by atoms with Gasteiger partial charge < -0.3 is 4.42 Å². The Hall–Kier alpha value is -2.96. The second kappa shape index (κ2) is 5.52. The molecule has 0 spiro atoms. The van der Waals surface area contributed by atoms with Crippen molar-refractivity contribution in [1.82, 2.24) is 9.80 Å². The number of amidine groups is 1. The van der Waals surface area contributed by atoms with Gasteiger partial charge >= 0.3 is 12.0 Å². The molecule has 1 fully saturated rings. The van der Waals surface area contributed by atoms with E-state index in [0.717, 1.165) is 11.3 Å². The zero-order valence-corrected chi connectivity index (χ0v) is 15.3. The number of nitrogens with zero attached hydrogens (tertiary/aromatic N) is 4. The van der Waals surface area contributed by atoms with Crippen LogP contribution in [0.15, 0.2) is 45.9 Å². The molecule has 2 aliphatic heterocycles. The molecule has 0 aliphatic carbocycles. The second-order valence-corrected chi connectivity index (χ2v) is 7.66. The van der Waals surface area contributed by atoms with Gasteiger partial charge in [-0.3, -0.25) is 14.6 Å². The monoisotopic (exact) mass is 353 g/mol. The molecular weight excluding hydrogens is 332 g/mol. The SMILES string of the molecule is CN1C(=O)N(Cc2ccccc2)C(=O)C2C1=Nc1oc(C(C)(C)C)c[n+]12. The highest BCUT2D eigenvalue weighted by Gasteiger charge is 2.55. The molecule has 4 rings (SSSR count). The number of imide groups is 1. The summed E-state index contributed by atoms with van der Waals surface area (Å²) in [5, 5.41) is 0. The molecule has 1 unspecified atom stereocenters. The Labute approximate surface area is 151 Å². The van der Waals surface area contributed by atoms with Crippen molar-refractivity contribution in [2.75, 3.05) is 7.05 Å². The van der Waals surface area contributed by atoms with Gasteiger partial charge in [0, 0.05) is 17.5 Å². The maximum atomic E-state index is 13.1. The summed E-state index contributed by atoms with van der Waals surface area (Å²) >= 11 is 0. The number of urea groups is 1. The quantitative estimate of drug-likeness (QED) is 0.779. The highest BCUT2D eigenvalue weighted by atomic mass is 16.4. The molecule has 7 heteroatoms. The largest absolute Gasteiger partial charge is 0.506 e. The maximum Gasteiger partial charge on any atom is 0.506 e. The van der Waals surface area contributed by atoms with E-state index < -0.39 is 6.04 Å². The third-order valence-electron chi connectivity index (χ3n) is 4.70. The molecule has 3 heterocycles. The van der Waals surface area contributed by atoms with Gasteiger partial charge in [0.15, 0.2) is 5.76 Å². The van der Waals surface area contributed by atoms with Crippen molar-refractivity contribution in [2.45, 2.75) is 38.8 Å². The molecule has 1 saturated heterocycles. The van der Waals surface area contributed by atoms with E-state index in [4.69, 9.17) is 4.42 Å². The number of hydrogen-bond donors (Lipinski definition) is 0. The number of aliphatic imine (C=N–C) groups is 1. The van der Waals surface area contributed by atoms with Gasteiger partial charge in [0.2, 0.25) is 0 Å². The average molecular weight is 353 g/mol. The highest BCUT2D eigenvalue weighted by Crippen LogP contribution is 2.32. The van der Waals surface area contributed by atoms with Gasteiger partial charge in [-0.1, -0.05) is 51.1 Å². The van der Waals surface area contributed by atoms with Crippen molar-refractivity contribution in [3.63, 3.8) is 0 Å². The molecule has 0 bridgehead atoms. The van der Waals surface area contributed by atoms with Crippen LogP contribution in [0.2, 0.25) is 0 Å². The fraction of sp³-hybridized carbons (Fsp3) is 0.368. The Kier molecular flexibility index (Phi) is 3.50. The molecule has 7 nitrogen and oxygen atoms in total. The van der Waals surface area contributed by atoms with Gasteiger partial charge in [0.1, 0.15) is 6.20 Å². The lowest BCUT2D eigenvalue weighted by Crippen LogP contribution is -2.62. The second-order valence-electron chi connectivity index (χ2n) is 7.66. The topological polar surface area (TPSA) is 70.0 Å². The first kappa shape index (κ1) is 16.5. The van der Waals surface area contributed by atoms with Crippen molar-refractivity contribution in [1.29, 1.82) is 0 Å². The molecule has 26 heavy (non-hydrogen) atoms. The summed E-state index contributed by atoms with van der Waals surface area (Å²) in [4.78, 5) is 32.9. The molecule has 1 aromatic heterocycles. The number of carbonyl (C=O) groups is 2. The number of fused-ring (bicyclic) bond motifs is 3. The fourth-order valence-electron chi connectivity index (χ4n) is 3.18. The molecule has 2 aromatic rings. The minimum Gasteiger partial charge on any atom is -0.389 e. The Morgan fingerprint density at radius 3 is 2.54 bits per heavy atom. The van der Waals surface area contributed by atoms with Crippen molar-refractivity contribution in [3.05, 3.63) is 47.9 Å². The Bertz CT molecular complexity index is 924. The van der Waals surface area contributed by atoms with Gasteiger partial charge in [-0.2, -0.15) is 4.57 Å². The number of carbonyl (C=O) groups excluding carboxylic acids is 2. The van der Waals surface area contributed by atoms with Crippen LogP contribution in [0.25, 0.3) is 0 Å². The summed E-state index contributed by atoms with van der Waals surface area (Å²) in [7, 11) is 1.63. The molecule has 2 aliphatic rings. The van der Waals surface area contributed by atoms with E-state index in [0.29, 0.717) is 11.9 Å². The summed E-state index contributed by atoms with van der Waals surface area (Å²) in [5.74, 6) is 0.862. The standard InChI is InChI=1S/C19H21N4O3/c1-19(2,3)13-11-22-14-15(20-17(22)26-13)21(4)18(25)23(16(14)24)10-12-8-6-5-7-9-12/h5-9,11,14H,10H2,1-4H3/q+1. The molecule has 1 atom stereocenters. The molecule has 0 saturated carbocycles. The lowest BCUT2D eigenvalue weighted by molar-refractivity contribution is -0.679. The van der Waals surface area contributed by atoms with Gasteiger partial charge in [0.25, 0.3) is 17.8 Å². The Morgan fingerprint density at radius 1 is 1.19 bits per heavy atom. The summed E-state index contributed by atoms with van der Waals surface area (Å²) in [6.07, 6.45) is 1.82. The van der Waals surface area contributed by atoms with Crippen LogP contribution in [-0.2, 0) is 16.8 Å². The molecule has 0 radical (unpaired) electrons. The fourth-order valence-corrected chi connectivity index (χ4v) is 3.18. The normalized spacial score (nSPS) is 19.5. The number of amides is 3. The van der Waals surface area contributed by atoms with E-state index >= 15 is 0 Å². The zero-order chi connectivity index (χ0) is 18.6. The lowest BCUT2D eigenvalue weighted by atomic mass is 9.94. The number of likely N-dealkylation sites (N-methyl/N-ethyl adjacent to an activating group) is 1. The highest BCUT2D eigenvalue weighted by molar-refractivity contribution is 6.18. The first-order valence-electron chi connectivity index (χ1n) is 8.54. The van der Waals surface area contributed by atoms with Crippen LogP contribution < -0.4 is 4.57 Å². The van der Waals surface area contributed by atoms with Gasteiger partial charge in [-0.25, -0.2) is 4.79 Å². The lowest BCUT2D eigenvalue weighted by Gasteiger charge is -2.32. The predicted octanol–water partition coefficient (Wildman–Crippen LogP) is 2.54. The van der Waals surface area contributed by atoms with Crippen molar-refractivity contribution < 1.29 is 18.6 Å². The third kappa shape index (κ3) is 2.42. The summed E-state index contributed by atoms with van der Waals surface area (Å²) in [6, 6.07) is 8.77. The van der Waals surface area contributed by atoms with Gasteiger partial charge in [0.05, 0.1) is 6.54 Å². The van der Waals surface area contributed by atoms with Gasteiger partial charge in [-0.05, 0) is 5.56 Å². The van der Waals surface area contributed by atoms with E-state index in [1.54, 1.807) is 11.6 Å². The van der Waals surface area contributed by atoms with E-state index in [2.05, 4.69) is 4.99 Å². The van der Waals surface area contributed by atoms with Gasteiger partial charge in [-0.15, -0.1) is 0 Å². The summed E-state index contributed by atoms with van der Waals surface area (Å²) in [6.45, 7) is 6.33. The third-order valence-corrected chi connectivity index (χ3v) is 4.70. The summed E-state index contributed by atoms with van der Waals surface area (Å²) in [5.41, 5.74) is 0.699. The number of oxazole rings is 1. The predicted molar refractivity (Wildman–Crippen MR) is 93.9 cm³/mol. The van der Waals surface area contributed by atoms with Crippen LogP contribution in [-0.4, -0.2) is 34.6 Å². The van der Waals surface area contributed by atoms with E-state index in [9.17, 15) is 9.59 Å². The molecule has 0 N–H and O–H groups in total. The van der Waals surface area contributed by atoms with Crippen LogP contribution >= 0.6 is 0 Å². The van der Waals surface area contributed by atoms with E-state index in [-0.39, 0.29) is 23.9 Å². The van der Waals surface area contributed by atoms with Crippen LogP contribution in [0.1, 0.15) is 38.1 Å². The first-order valence-corrected chi connectivity index (χ1v) is 8.54. The van der Waals surface area contributed by atoms with Crippen molar-refractivity contribution in [2.24, 2.45) is 4.99 Å². The zero-order valence-electron chi connectivity index (χ0n) is 15.3. The first-order chi connectivity index (χ1) is 12.3. The number of benzene rings is 1. The van der Waals surface area contributed by atoms with Crippen LogP contribution in [0.5, 0.6) is 0 Å². The smallest absolute Gasteiger partial charge is 0.389 e. The van der Waals surface area contributed by atoms with Crippen molar-refractivity contribution >= 4 is 23.8 Å². The molecular formula is C19H21N4O3+. The maximum absolute atomic E-state index is 13.1. The average Bonchev–Trinajstić information content (AvgIpc) is 3.15. The molecule has 134 valence electrons. The minimum atomic E-state index is -0.670. The molecule has 3 amide bonds. The van der Waals surface area contributed by atoms with Crippen LogP contribution in [0.3, 0.4) is 0 Å².